The maximum Gasteiger partial charge on any atom is 0.251 e. The molecule has 9 nitrogen and oxygen atoms in total. The van der Waals surface area contributed by atoms with Gasteiger partial charge in [-0.05, 0) is 78.2 Å². The minimum absolute atomic E-state index is 0.131. The Balaban J connectivity index is 1.62. The SMILES string of the molecule is CN(C)C(=O)[C@H](CCCCN)NC(=O)[C@H](CC(=O)[C@@H](Cc1ccc2ccccc2c1)NC(=O)c1cccc(CN)c1)Cc1ccccc1. The first kappa shape index (κ1) is 36.0. The van der Waals surface area contributed by atoms with E-state index in [-0.39, 0.29) is 37.0 Å². The molecule has 0 fully saturated rings. The van der Waals surface area contributed by atoms with Crippen LogP contribution in [0.2, 0.25) is 0 Å². The lowest BCUT2D eigenvalue weighted by atomic mass is 9.89. The summed E-state index contributed by atoms with van der Waals surface area (Å²) in [7, 11) is 3.30. The van der Waals surface area contributed by atoms with Crippen LogP contribution >= 0.6 is 0 Å². The van der Waals surface area contributed by atoms with E-state index in [1.165, 1.54) is 4.90 Å². The molecule has 0 aliphatic rings. The van der Waals surface area contributed by atoms with E-state index in [9.17, 15) is 19.2 Å². The number of rotatable bonds is 17. The Kier molecular flexibility index (Phi) is 13.4. The zero-order valence-corrected chi connectivity index (χ0v) is 27.9. The molecule has 3 atom stereocenters. The molecule has 4 aromatic carbocycles. The Morgan fingerprint density at radius 3 is 2.10 bits per heavy atom. The van der Waals surface area contributed by atoms with Crippen LogP contribution in [0.1, 0.15) is 52.7 Å². The lowest BCUT2D eigenvalue weighted by molar-refractivity contribution is -0.136. The Labute approximate surface area is 283 Å². The first-order chi connectivity index (χ1) is 23.2. The second kappa shape index (κ2) is 17.9. The fourth-order valence-electron chi connectivity index (χ4n) is 5.82. The number of nitrogens with one attached hydrogen (secondary N) is 2. The Morgan fingerprint density at radius 2 is 1.40 bits per heavy atom. The van der Waals surface area contributed by atoms with Gasteiger partial charge in [0.15, 0.2) is 5.78 Å². The van der Waals surface area contributed by atoms with E-state index < -0.39 is 23.9 Å². The molecule has 0 heterocycles. The maximum absolute atomic E-state index is 14.2. The first-order valence-corrected chi connectivity index (χ1v) is 16.5. The number of carbonyl (C=O) groups excluding carboxylic acids is 4. The fourth-order valence-corrected chi connectivity index (χ4v) is 5.82. The average molecular weight is 650 g/mol. The number of Topliss-reactive ketones (excluding diaryl/α,β-unsaturated/α-hetero) is 1. The molecule has 0 aliphatic heterocycles. The van der Waals surface area contributed by atoms with Gasteiger partial charge in [0.25, 0.3) is 5.91 Å². The van der Waals surface area contributed by atoms with Crippen molar-refractivity contribution in [2.45, 2.75) is 57.2 Å². The number of nitrogens with two attached hydrogens (primary N) is 2. The summed E-state index contributed by atoms with van der Waals surface area (Å²) in [6.45, 7) is 0.767. The molecule has 0 saturated heterocycles. The number of unbranched alkanes of at least 4 members (excludes halogenated alkanes) is 1. The van der Waals surface area contributed by atoms with Gasteiger partial charge in [-0.3, -0.25) is 19.2 Å². The number of benzene rings is 4. The highest BCUT2D eigenvalue weighted by Gasteiger charge is 2.31. The van der Waals surface area contributed by atoms with Gasteiger partial charge in [0, 0.05) is 38.5 Å². The molecule has 4 rings (SSSR count). The van der Waals surface area contributed by atoms with Crippen molar-refractivity contribution in [3.63, 3.8) is 0 Å². The molecule has 9 heteroatoms. The number of amides is 3. The topological polar surface area (TPSA) is 148 Å². The van der Waals surface area contributed by atoms with Crippen LogP contribution in [0.25, 0.3) is 10.8 Å². The molecule has 252 valence electrons. The molecule has 0 aromatic heterocycles. The van der Waals surface area contributed by atoms with Gasteiger partial charge < -0.3 is 27.0 Å². The second-order valence-electron chi connectivity index (χ2n) is 12.5. The minimum atomic E-state index is -0.907. The molecule has 0 saturated carbocycles. The maximum atomic E-state index is 14.2. The Hall–Kier alpha value is -4.86. The van der Waals surface area contributed by atoms with E-state index in [1.807, 2.05) is 78.9 Å². The van der Waals surface area contributed by atoms with Crippen LogP contribution < -0.4 is 22.1 Å². The van der Waals surface area contributed by atoms with Crippen molar-refractivity contribution in [3.05, 3.63) is 119 Å². The number of fused-ring (bicyclic) bond motifs is 1. The molecule has 0 bridgehead atoms. The predicted octanol–water partition coefficient (Wildman–Crippen LogP) is 4.16. The second-order valence-corrected chi connectivity index (χ2v) is 12.5. The number of hydrogen-bond acceptors (Lipinski definition) is 6. The van der Waals surface area contributed by atoms with E-state index in [4.69, 9.17) is 11.5 Å². The molecule has 6 N–H and O–H groups in total. The summed E-state index contributed by atoms with van der Waals surface area (Å²) in [5.74, 6) is -2.05. The van der Waals surface area contributed by atoms with Gasteiger partial charge in [-0.15, -0.1) is 0 Å². The van der Waals surface area contributed by atoms with E-state index in [1.54, 1.807) is 32.3 Å². The predicted molar refractivity (Wildman–Crippen MR) is 190 cm³/mol. The molecule has 0 aliphatic carbocycles. The molecule has 0 unspecified atom stereocenters. The number of ketones is 1. The van der Waals surface area contributed by atoms with Gasteiger partial charge in [-0.25, -0.2) is 0 Å². The first-order valence-electron chi connectivity index (χ1n) is 16.5. The normalized spacial score (nSPS) is 12.9. The quantitative estimate of drug-likeness (QED) is 0.126. The number of carbonyl (C=O) groups is 4. The van der Waals surface area contributed by atoms with Crippen LogP contribution in [-0.2, 0) is 33.8 Å². The van der Waals surface area contributed by atoms with Gasteiger partial charge >= 0.3 is 0 Å². The average Bonchev–Trinajstić information content (AvgIpc) is 3.10. The van der Waals surface area contributed by atoms with Crippen LogP contribution in [0.15, 0.2) is 97.1 Å². The van der Waals surface area contributed by atoms with Crippen LogP contribution in [0.5, 0.6) is 0 Å². The van der Waals surface area contributed by atoms with Gasteiger partial charge in [-0.1, -0.05) is 84.9 Å². The van der Waals surface area contributed by atoms with Gasteiger partial charge in [0.1, 0.15) is 6.04 Å². The summed E-state index contributed by atoms with van der Waals surface area (Å²) >= 11 is 0. The molecule has 4 aromatic rings. The fraction of sp³-hybridized carbons (Fsp3) is 0.333. The third-order valence-electron chi connectivity index (χ3n) is 8.52. The molecule has 0 spiro atoms. The van der Waals surface area contributed by atoms with E-state index in [0.717, 1.165) is 33.9 Å². The molecular weight excluding hydrogens is 602 g/mol. The Bertz CT molecular complexity index is 1690. The highest BCUT2D eigenvalue weighted by Crippen LogP contribution is 2.20. The number of hydrogen-bond donors (Lipinski definition) is 4. The van der Waals surface area contributed by atoms with Crippen molar-refractivity contribution in [2.24, 2.45) is 17.4 Å². The van der Waals surface area contributed by atoms with Crippen molar-refractivity contribution in [3.8, 4) is 0 Å². The van der Waals surface area contributed by atoms with Crippen molar-refractivity contribution in [1.29, 1.82) is 0 Å². The summed E-state index contributed by atoms with van der Waals surface area (Å²) in [4.78, 5) is 56.2. The molecule has 3 amide bonds. The summed E-state index contributed by atoms with van der Waals surface area (Å²) in [5, 5.41) is 8.01. The Morgan fingerprint density at radius 1 is 0.688 bits per heavy atom. The summed E-state index contributed by atoms with van der Waals surface area (Å²) in [6.07, 6.45) is 2.24. The van der Waals surface area contributed by atoms with E-state index in [2.05, 4.69) is 10.6 Å². The lowest BCUT2D eigenvalue weighted by Crippen LogP contribution is -2.49. The van der Waals surface area contributed by atoms with Gasteiger partial charge in [-0.2, -0.15) is 0 Å². The summed E-state index contributed by atoms with van der Waals surface area (Å²) in [6, 6.07) is 28.7. The van der Waals surface area contributed by atoms with E-state index in [0.29, 0.717) is 31.4 Å². The summed E-state index contributed by atoms with van der Waals surface area (Å²) in [5.41, 5.74) is 14.5. The third kappa shape index (κ3) is 10.3. The minimum Gasteiger partial charge on any atom is -0.347 e. The van der Waals surface area contributed by atoms with Crippen molar-refractivity contribution in [2.75, 3.05) is 20.6 Å². The van der Waals surface area contributed by atoms with Crippen molar-refractivity contribution in [1.82, 2.24) is 15.5 Å². The zero-order chi connectivity index (χ0) is 34.5. The molecule has 48 heavy (non-hydrogen) atoms. The van der Waals surface area contributed by atoms with Crippen LogP contribution in [0.3, 0.4) is 0 Å². The van der Waals surface area contributed by atoms with E-state index >= 15 is 0 Å². The molecule has 0 radical (unpaired) electrons. The van der Waals surface area contributed by atoms with Crippen LogP contribution in [-0.4, -0.2) is 61.1 Å². The standard InChI is InChI=1S/C39H47N5O4/c1-44(2)39(48)34(17-8-9-20-40)42-38(47)33(21-27-11-4-3-5-12-27)25-36(45)35(43-37(46)32-16-10-13-29(23-32)26-41)24-28-18-19-30-14-6-7-15-31(30)22-28/h3-7,10-16,18-19,22-23,33-35H,8-9,17,20-21,24-26,40-41H2,1-2H3,(H,42,47)(H,43,46)/t33-,34-,35+/m0/s1. The van der Waals surface area contributed by atoms with Crippen LogP contribution in [0.4, 0.5) is 0 Å². The monoisotopic (exact) mass is 649 g/mol. The lowest BCUT2D eigenvalue weighted by Gasteiger charge is -2.26. The number of likely N-dealkylation sites (N-methyl/N-ethyl adjacent to an activating group) is 1. The van der Waals surface area contributed by atoms with Crippen molar-refractivity contribution >= 4 is 34.3 Å². The number of nitrogens with zero attached hydrogens (tertiary/aromatic N) is 1. The third-order valence-corrected chi connectivity index (χ3v) is 8.52. The molecular formula is C39H47N5O4. The van der Waals surface area contributed by atoms with Gasteiger partial charge in [0.05, 0.1) is 6.04 Å². The van der Waals surface area contributed by atoms with Gasteiger partial charge in [0.2, 0.25) is 11.8 Å². The highest BCUT2D eigenvalue weighted by atomic mass is 16.2. The zero-order valence-electron chi connectivity index (χ0n) is 27.9. The summed E-state index contributed by atoms with van der Waals surface area (Å²) < 4.78 is 0. The van der Waals surface area contributed by atoms with Crippen molar-refractivity contribution < 1.29 is 19.2 Å². The smallest absolute Gasteiger partial charge is 0.251 e. The highest BCUT2D eigenvalue weighted by molar-refractivity contribution is 5.99. The van der Waals surface area contributed by atoms with Crippen LogP contribution in [0, 0.1) is 5.92 Å². The largest absolute Gasteiger partial charge is 0.347 e.